The van der Waals surface area contributed by atoms with Gasteiger partial charge >= 0.3 is 0 Å². The second-order valence-corrected chi connectivity index (χ2v) is 8.62. The zero-order chi connectivity index (χ0) is 17.0. The van der Waals surface area contributed by atoms with Crippen LogP contribution in [0.4, 0.5) is 5.69 Å². The molecule has 0 radical (unpaired) electrons. The Morgan fingerprint density at radius 2 is 2.13 bits per heavy atom. The first-order valence-corrected chi connectivity index (χ1v) is 9.36. The smallest absolute Gasteiger partial charge is 0.264 e. The van der Waals surface area contributed by atoms with E-state index in [-0.39, 0.29) is 24.0 Å². The molecule has 3 rings (SSSR count). The van der Waals surface area contributed by atoms with E-state index in [1.165, 1.54) is 0 Å². The number of hydrogen-bond donors (Lipinski definition) is 1. The van der Waals surface area contributed by atoms with E-state index in [1.54, 1.807) is 0 Å². The van der Waals surface area contributed by atoms with Gasteiger partial charge in [0.25, 0.3) is 10.1 Å². The third-order valence-electron chi connectivity index (χ3n) is 4.30. The number of rotatable bonds is 3. The first-order chi connectivity index (χ1) is 10.6. The van der Waals surface area contributed by atoms with Gasteiger partial charge in [0, 0.05) is 23.8 Å². The highest BCUT2D eigenvalue weighted by Crippen LogP contribution is 2.48. The molecule has 1 N–H and O–H groups in total. The van der Waals surface area contributed by atoms with Crippen molar-refractivity contribution in [3.05, 3.63) is 22.8 Å². The van der Waals surface area contributed by atoms with Crippen LogP contribution in [0.1, 0.15) is 37.0 Å². The van der Waals surface area contributed by atoms with E-state index >= 15 is 0 Å². The highest BCUT2D eigenvalue weighted by molar-refractivity contribution is 7.85. The molecule has 2 aliphatic heterocycles. The van der Waals surface area contributed by atoms with Crippen molar-refractivity contribution in [3.63, 3.8) is 0 Å². The second-order valence-electron chi connectivity index (χ2n) is 6.97. The number of carbonyl (C=O) groups excluding carboxylic acids is 1. The normalized spacial score (nSPS) is 22.1. The number of fused-ring (bicyclic) bond motifs is 3. The van der Waals surface area contributed by atoms with Crippen molar-refractivity contribution in [1.82, 2.24) is 0 Å². The number of aryl methyl sites for hydroxylation is 1. The Hall–Kier alpha value is -1.60. The quantitative estimate of drug-likeness (QED) is 0.851. The van der Waals surface area contributed by atoms with Gasteiger partial charge in [0.2, 0.25) is 5.91 Å². The first-order valence-electron chi connectivity index (χ1n) is 7.55. The van der Waals surface area contributed by atoms with Crippen LogP contribution in [0.5, 0.6) is 5.75 Å². The highest BCUT2D eigenvalue weighted by Gasteiger charge is 2.39. The Bertz CT molecular complexity index is 782. The van der Waals surface area contributed by atoms with Gasteiger partial charge in [-0.25, -0.2) is 0 Å². The van der Waals surface area contributed by atoms with E-state index in [0.717, 1.165) is 34.4 Å². The van der Waals surface area contributed by atoms with Crippen LogP contribution < -0.4 is 10.1 Å². The third-order valence-corrected chi connectivity index (χ3v) is 4.86. The minimum atomic E-state index is -3.49. The summed E-state index contributed by atoms with van der Waals surface area (Å²) in [6.07, 6.45) is 1.69. The monoisotopic (exact) mass is 339 g/mol. The Labute approximate surface area is 136 Å². The summed E-state index contributed by atoms with van der Waals surface area (Å²) in [5, 5.41) is 2.94. The molecule has 23 heavy (non-hydrogen) atoms. The van der Waals surface area contributed by atoms with Gasteiger partial charge in [0.1, 0.15) is 18.5 Å². The maximum Gasteiger partial charge on any atom is 0.264 e. The number of benzene rings is 1. The van der Waals surface area contributed by atoms with Crippen LogP contribution in [0, 0.1) is 6.92 Å². The van der Waals surface area contributed by atoms with Gasteiger partial charge < -0.3 is 10.1 Å². The zero-order valence-corrected chi connectivity index (χ0v) is 14.5. The van der Waals surface area contributed by atoms with Crippen LogP contribution in [0.15, 0.2) is 6.07 Å². The van der Waals surface area contributed by atoms with Gasteiger partial charge in [-0.3, -0.25) is 8.98 Å². The summed E-state index contributed by atoms with van der Waals surface area (Å²) in [7, 11) is -3.49. The van der Waals surface area contributed by atoms with Crippen LogP contribution in [-0.4, -0.2) is 33.3 Å². The summed E-state index contributed by atoms with van der Waals surface area (Å²) in [6, 6.07) is 2.00. The summed E-state index contributed by atoms with van der Waals surface area (Å²) < 4.78 is 33.2. The van der Waals surface area contributed by atoms with Crippen molar-refractivity contribution in [3.8, 4) is 5.75 Å². The summed E-state index contributed by atoms with van der Waals surface area (Å²) in [5.41, 5.74) is 3.50. The molecule has 0 spiro atoms. The average Bonchev–Trinajstić information content (AvgIpc) is 2.76. The Balaban J connectivity index is 1.97. The van der Waals surface area contributed by atoms with E-state index in [9.17, 15) is 13.2 Å². The fourth-order valence-corrected chi connectivity index (χ4v) is 3.78. The standard InChI is InChI=1S/C16H21NO5S/c1-9-5-10-6-11(8-21-23(4,19)20)22-15(10)13-14(9)17-12(18)7-16(13,2)3/h5,11H,6-8H2,1-4H3,(H,17,18). The fraction of sp³-hybridized carbons (Fsp3) is 0.562. The molecule has 2 aliphatic rings. The Morgan fingerprint density at radius 3 is 2.78 bits per heavy atom. The van der Waals surface area contributed by atoms with Crippen LogP contribution in [0.3, 0.4) is 0 Å². The molecule has 1 aromatic rings. The Kier molecular flexibility index (Phi) is 3.68. The van der Waals surface area contributed by atoms with Crippen LogP contribution in [-0.2, 0) is 30.9 Å². The van der Waals surface area contributed by atoms with Gasteiger partial charge in [-0.05, 0) is 18.1 Å². The predicted octanol–water partition coefficient (Wildman–Crippen LogP) is 1.89. The molecule has 0 aliphatic carbocycles. The second kappa shape index (κ2) is 5.21. The largest absolute Gasteiger partial charge is 0.487 e. The van der Waals surface area contributed by atoms with Gasteiger partial charge in [0.15, 0.2) is 0 Å². The van der Waals surface area contributed by atoms with Crippen molar-refractivity contribution in [1.29, 1.82) is 0 Å². The molecule has 0 fully saturated rings. The molecule has 0 saturated carbocycles. The topological polar surface area (TPSA) is 81.7 Å². The van der Waals surface area contributed by atoms with Crippen LogP contribution in [0.25, 0.3) is 0 Å². The van der Waals surface area contributed by atoms with E-state index < -0.39 is 10.1 Å². The SMILES string of the molecule is Cc1cc2c(c3c1NC(=O)CC3(C)C)OC(COS(C)(=O)=O)C2. The van der Waals surface area contributed by atoms with Gasteiger partial charge in [-0.15, -0.1) is 0 Å². The minimum absolute atomic E-state index is 0.000469. The minimum Gasteiger partial charge on any atom is -0.487 e. The average molecular weight is 339 g/mol. The van der Waals surface area contributed by atoms with Crippen molar-refractivity contribution in [2.45, 2.75) is 45.1 Å². The van der Waals surface area contributed by atoms with Gasteiger partial charge in [-0.2, -0.15) is 8.42 Å². The number of hydrogen-bond acceptors (Lipinski definition) is 5. The number of ether oxygens (including phenoxy) is 1. The lowest BCUT2D eigenvalue weighted by Gasteiger charge is -2.34. The van der Waals surface area contributed by atoms with E-state index in [2.05, 4.69) is 5.32 Å². The van der Waals surface area contributed by atoms with E-state index in [0.29, 0.717) is 12.8 Å². The van der Waals surface area contributed by atoms with Gasteiger partial charge in [0.05, 0.1) is 11.9 Å². The fourth-order valence-electron chi connectivity index (χ4n) is 3.38. The molecular formula is C16H21NO5S. The molecule has 7 heteroatoms. The molecule has 1 aromatic carbocycles. The molecule has 126 valence electrons. The lowest BCUT2D eigenvalue weighted by molar-refractivity contribution is -0.117. The molecule has 1 amide bonds. The zero-order valence-electron chi connectivity index (χ0n) is 13.7. The van der Waals surface area contributed by atoms with E-state index in [1.807, 2.05) is 26.8 Å². The molecular weight excluding hydrogens is 318 g/mol. The van der Waals surface area contributed by atoms with E-state index in [4.69, 9.17) is 8.92 Å². The number of anilines is 1. The predicted molar refractivity (Wildman–Crippen MR) is 86.4 cm³/mol. The lowest BCUT2D eigenvalue weighted by Crippen LogP contribution is -2.33. The molecule has 2 heterocycles. The van der Waals surface area contributed by atoms with Gasteiger partial charge in [-0.1, -0.05) is 19.9 Å². The first kappa shape index (κ1) is 16.3. The van der Waals surface area contributed by atoms with Crippen LogP contribution >= 0.6 is 0 Å². The molecule has 1 unspecified atom stereocenters. The highest BCUT2D eigenvalue weighted by atomic mass is 32.2. The molecule has 1 atom stereocenters. The summed E-state index contributed by atoms with van der Waals surface area (Å²) >= 11 is 0. The summed E-state index contributed by atoms with van der Waals surface area (Å²) in [4.78, 5) is 11.9. The Morgan fingerprint density at radius 1 is 1.43 bits per heavy atom. The number of carbonyl (C=O) groups is 1. The number of amides is 1. The van der Waals surface area contributed by atoms with Crippen molar-refractivity contribution in [2.24, 2.45) is 0 Å². The van der Waals surface area contributed by atoms with Crippen molar-refractivity contribution >= 4 is 21.7 Å². The van der Waals surface area contributed by atoms with Crippen molar-refractivity contribution < 1.29 is 22.1 Å². The summed E-state index contributed by atoms with van der Waals surface area (Å²) in [5.74, 6) is 0.762. The molecule has 0 bridgehead atoms. The van der Waals surface area contributed by atoms with Crippen LogP contribution in [0.2, 0.25) is 0 Å². The molecule has 0 saturated heterocycles. The number of nitrogens with one attached hydrogen (secondary N) is 1. The van der Waals surface area contributed by atoms with Crippen molar-refractivity contribution in [2.75, 3.05) is 18.2 Å². The lowest BCUT2D eigenvalue weighted by atomic mass is 9.76. The third kappa shape index (κ3) is 3.07. The summed E-state index contributed by atoms with van der Waals surface area (Å²) in [6.45, 7) is 6.00. The maximum atomic E-state index is 11.9. The molecule has 0 aromatic heterocycles. The maximum absolute atomic E-state index is 11.9. The molecule has 6 nitrogen and oxygen atoms in total.